The van der Waals surface area contributed by atoms with Crippen LogP contribution in [0.1, 0.15) is 5.56 Å². The Balaban J connectivity index is 1.91. The van der Waals surface area contributed by atoms with Gasteiger partial charge in [-0.3, -0.25) is 0 Å². The van der Waals surface area contributed by atoms with Crippen LogP contribution in [0, 0.1) is 0 Å². The molecule has 0 saturated carbocycles. The van der Waals surface area contributed by atoms with E-state index in [0.717, 1.165) is 12.1 Å². The maximum absolute atomic E-state index is 12.5. The van der Waals surface area contributed by atoms with E-state index in [2.05, 4.69) is 15.1 Å². The molecule has 0 spiro atoms. The highest BCUT2D eigenvalue weighted by Crippen LogP contribution is 2.31. The van der Waals surface area contributed by atoms with Crippen molar-refractivity contribution in [3.05, 3.63) is 53.3 Å². The smallest absolute Gasteiger partial charge is 0.334 e. The van der Waals surface area contributed by atoms with Gasteiger partial charge in [0.1, 0.15) is 5.15 Å². The predicted molar refractivity (Wildman–Crippen MR) is 73.0 cm³/mol. The van der Waals surface area contributed by atoms with Crippen LogP contribution in [0.4, 0.5) is 13.2 Å². The third-order valence-corrected chi connectivity index (χ3v) is 3.08. The molecular weight excluding hydrogens is 319 g/mol. The maximum Gasteiger partial charge on any atom is 0.416 e. The van der Waals surface area contributed by atoms with Gasteiger partial charge in [0, 0.05) is 17.3 Å². The molecule has 0 unspecified atom stereocenters. The molecule has 2 aromatic heterocycles. The Labute approximate surface area is 127 Å². The number of rotatable bonds is 2. The SMILES string of the molecule is FC(F)(F)c1ccc(-c2noc(-c3ccnc(Cl)c3)n2)cc1. The lowest BCUT2D eigenvalue weighted by Crippen LogP contribution is -2.04. The Morgan fingerprint density at radius 1 is 1.00 bits per heavy atom. The van der Waals surface area contributed by atoms with Crippen LogP contribution >= 0.6 is 11.6 Å². The molecule has 0 bridgehead atoms. The Hall–Kier alpha value is -2.41. The van der Waals surface area contributed by atoms with E-state index < -0.39 is 11.7 Å². The van der Waals surface area contributed by atoms with Crippen LogP contribution in [0.2, 0.25) is 5.15 Å². The molecule has 2 heterocycles. The van der Waals surface area contributed by atoms with Crippen molar-refractivity contribution < 1.29 is 17.7 Å². The van der Waals surface area contributed by atoms with Gasteiger partial charge in [-0.15, -0.1) is 0 Å². The van der Waals surface area contributed by atoms with Crippen LogP contribution in [0.3, 0.4) is 0 Å². The van der Waals surface area contributed by atoms with E-state index in [1.54, 1.807) is 12.1 Å². The topological polar surface area (TPSA) is 51.8 Å². The minimum Gasteiger partial charge on any atom is -0.334 e. The second-order valence-corrected chi connectivity index (χ2v) is 4.75. The lowest BCUT2D eigenvalue weighted by Gasteiger charge is -2.05. The highest BCUT2D eigenvalue weighted by Gasteiger charge is 2.30. The highest BCUT2D eigenvalue weighted by molar-refractivity contribution is 6.29. The number of aromatic nitrogens is 3. The number of nitrogens with zero attached hydrogens (tertiary/aromatic N) is 3. The number of hydrogen-bond donors (Lipinski definition) is 0. The zero-order valence-electron chi connectivity index (χ0n) is 10.8. The van der Waals surface area contributed by atoms with E-state index in [0.29, 0.717) is 11.1 Å². The van der Waals surface area contributed by atoms with Crippen molar-refractivity contribution in [3.63, 3.8) is 0 Å². The molecule has 0 N–H and O–H groups in total. The van der Waals surface area contributed by atoms with Gasteiger partial charge < -0.3 is 4.52 Å². The summed E-state index contributed by atoms with van der Waals surface area (Å²) in [5.41, 5.74) is 0.259. The van der Waals surface area contributed by atoms with Gasteiger partial charge in [-0.2, -0.15) is 18.2 Å². The zero-order chi connectivity index (χ0) is 15.7. The quantitative estimate of drug-likeness (QED) is 0.652. The average Bonchev–Trinajstić information content (AvgIpc) is 2.96. The minimum absolute atomic E-state index is 0.191. The number of benzene rings is 1. The van der Waals surface area contributed by atoms with Crippen molar-refractivity contribution in [3.8, 4) is 22.8 Å². The van der Waals surface area contributed by atoms with Crippen molar-refractivity contribution >= 4 is 11.6 Å². The lowest BCUT2D eigenvalue weighted by atomic mass is 10.1. The van der Waals surface area contributed by atoms with E-state index in [1.807, 2.05) is 0 Å². The number of alkyl halides is 3. The molecule has 112 valence electrons. The number of hydrogen-bond acceptors (Lipinski definition) is 4. The first kappa shape index (κ1) is 14.5. The van der Waals surface area contributed by atoms with Gasteiger partial charge in [-0.1, -0.05) is 28.9 Å². The zero-order valence-corrected chi connectivity index (χ0v) is 11.6. The summed E-state index contributed by atoms with van der Waals surface area (Å²) in [6.45, 7) is 0. The summed E-state index contributed by atoms with van der Waals surface area (Å²) in [6.07, 6.45) is -2.89. The van der Waals surface area contributed by atoms with Crippen molar-refractivity contribution in [1.29, 1.82) is 0 Å². The third kappa shape index (κ3) is 2.94. The normalized spacial score (nSPS) is 11.6. The standard InChI is InChI=1S/C14H7ClF3N3O/c15-11-7-9(5-6-19-11)13-20-12(21-22-13)8-1-3-10(4-2-8)14(16,17)18/h1-7H. The van der Waals surface area contributed by atoms with Crippen LogP contribution < -0.4 is 0 Å². The molecule has 3 aromatic rings. The van der Waals surface area contributed by atoms with Crippen LogP contribution in [0.15, 0.2) is 47.1 Å². The monoisotopic (exact) mass is 325 g/mol. The second kappa shape index (κ2) is 5.42. The van der Waals surface area contributed by atoms with Crippen LogP contribution in [-0.4, -0.2) is 15.1 Å². The van der Waals surface area contributed by atoms with Crippen molar-refractivity contribution in [1.82, 2.24) is 15.1 Å². The van der Waals surface area contributed by atoms with Crippen molar-refractivity contribution in [2.45, 2.75) is 6.18 Å². The fourth-order valence-corrected chi connectivity index (χ4v) is 1.98. The number of halogens is 4. The van der Waals surface area contributed by atoms with E-state index in [1.165, 1.54) is 18.3 Å². The first-order valence-corrected chi connectivity index (χ1v) is 6.44. The van der Waals surface area contributed by atoms with E-state index in [4.69, 9.17) is 16.1 Å². The summed E-state index contributed by atoms with van der Waals surface area (Å²) in [4.78, 5) is 7.97. The highest BCUT2D eigenvalue weighted by atomic mass is 35.5. The fourth-order valence-electron chi connectivity index (χ4n) is 1.80. The molecular formula is C14H7ClF3N3O. The second-order valence-electron chi connectivity index (χ2n) is 4.37. The molecule has 1 aromatic carbocycles. The van der Waals surface area contributed by atoms with Gasteiger partial charge in [0.05, 0.1) is 5.56 Å². The molecule has 8 heteroatoms. The number of pyridine rings is 1. The van der Waals surface area contributed by atoms with Gasteiger partial charge in [-0.25, -0.2) is 4.98 Å². The largest absolute Gasteiger partial charge is 0.416 e. The van der Waals surface area contributed by atoms with Crippen LogP contribution in [0.25, 0.3) is 22.8 Å². The van der Waals surface area contributed by atoms with Crippen molar-refractivity contribution in [2.75, 3.05) is 0 Å². The molecule has 4 nitrogen and oxygen atoms in total. The molecule has 0 radical (unpaired) electrons. The summed E-state index contributed by atoms with van der Waals surface area (Å²) in [7, 11) is 0. The molecule has 3 rings (SSSR count). The first-order valence-electron chi connectivity index (χ1n) is 6.07. The van der Waals surface area contributed by atoms with E-state index in [9.17, 15) is 13.2 Å². The van der Waals surface area contributed by atoms with Gasteiger partial charge in [0.25, 0.3) is 5.89 Å². The van der Waals surface area contributed by atoms with Crippen LogP contribution in [-0.2, 0) is 6.18 Å². The molecule has 0 saturated heterocycles. The summed E-state index contributed by atoms with van der Waals surface area (Å²) < 4.78 is 42.6. The maximum atomic E-state index is 12.5. The molecule has 0 aliphatic heterocycles. The van der Waals surface area contributed by atoms with Gasteiger partial charge >= 0.3 is 6.18 Å². The Morgan fingerprint density at radius 3 is 2.36 bits per heavy atom. The summed E-state index contributed by atoms with van der Waals surface area (Å²) in [6, 6.07) is 7.69. The Morgan fingerprint density at radius 2 is 1.73 bits per heavy atom. The van der Waals surface area contributed by atoms with Crippen LogP contribution in [0.5, 0.6) is 0 Å². The van der Waals surface area contributed by atoms with Crippen molar-refractivity contribution in [2.24, 2.45) is 0 Å². The summed E-state index contributed by atoms with van der Waals surface area (Å²) in [5.74, 6) is 0.399. The molecule has 0 atom stereocenters. The lowest BCUT2D eigenvalue weighted by molar-refractivity contribution is -0.137. The predicted octanol–water partition coefficient (Wildman–Crippen LogP) is 4.47. The van der Waals surface area contributed by atoms with Gasteiger partial charge in [-0.05, 0) is 24.3 Å². The molecule has 0 fully saturated rings. The summed E-state index contributed by atoms with van der Waals surface area (Å²) in [5, 5.41) is 4.02. The van der Waals surface area contributed by atoms with E-state index in [-0.39, 0.29) is 16.9 Å². The summed E-state index contributed by atoms with van der Waals surface area (Å²) >= 11 is 5.77. The van der Waals surface area contributed by atoms with E-state index >= 15 is 0 Å². The minimum atomic E-state index is -4.38. The molecule has 0 aliphatic carbocycles. The third-order valence-electron chi connectivity index (χ3n) is 2.87. The molecule has 0 amide bonds. The fraction of sp³-hybridized carbons (Fsp3) is 0.0714. The Kier molecular flexibility index (Phi) is 3.58. The molecule has 0 aliphatic rings. The first-order chi connectivity index (χ1) is 10.4. The average molecular weight is 326 g/mol. The Bertz CT molecular complexity index is 800. The molecule has 22 heavy (non-hydrogen) atoms. The van der Waals surface area contributed by atoms with Gasteiger partial charge in [0.15, 0.2) is 0 Å². The van der Waals surface area contributed by atoms with Gasteiger partial charge in [0.2, 0.25) is 5.82 Å².